The van der Waals surface area contributed by atoms with Gasteiger partial charge in [0.05, 0.1) is 18.8 Å². The van der Waals surface area contributed by atoms with Crippen molar-refractivity contribution < 1.29 is 9.84 Å². The van der Waals surface area contributed by atoms with E-state index in [4.69, 9.17) is 9.84 Å². The highest BCUT2D eigenvalue weighted by Crippen LogP contribution is 2.20. The second-order valence-corrected chi connectivity index (χ2v) is 2.55. The van der Waals surface area contributed by atoms with Crippen molar-refractivity contribution in [1.82, 2.24) is 0 Å². The maximum atomic E-state index is 8.65. The first-order valence-corrected chi connectivity index (χ1v) is 3.63. The fourth-order valence-electron chi connectivity index (χ4n) is 1.21. The van der Waals surface area contributed by atoms with E-state index in [1.54, 1.807) is 0 Å². The third-order valence-electron chi connectivity index (χ3n) is 1.85. The average Bonchev–Trinajstić information content (AvgIpc) is 2.34. The lowest BCUT2D eigenvalue weighted by atomic mass is 10.2. The highest BCUT2D eigenvalue weighted by Gasteiger charge is 2.22. The van der Waals surface area contributed by atoms with Gasteiger partial charge in [0.15, 0.2) is 0 Å². The van der Waals surface area contributed by atoms with Gasteiger partial charge in [0, 0.05) is 0 Å². The van der Waals surface area contributed by atoms with E-state index < -0.39 is 0 Å². The highest BCUT2D eigenvalue weighted by atomic mass is 16.5. The van der Waals surface area contributed by atoms with E-state index in [0.717, 1.165) is 19.3 Å². The molecule has 0 aliphatic carbocycles. The van der Waals surface area contributed by atoms with E-state index in [1.807, 2.05) is 0 Å². The van der Waals surface area contributed by atoms with Gasteiger partial charge in [-0.1, -0.05) is 6.92 Å². The third-order valence-corrected chi connectivity index (χ3v) is 1.85. The SMILES string of the molecule is CC[C@@H]1CC[C@@H](CO)O1. The lowest BCUT2D eigenvalue weighted by molar-refractivity contribution is 0.0106. The van der Waals surface area contributed by atoms with Crippen LogP contribution in [0.25, 0.3) is 0 Å². The molecule has 1 fully saturated rings. The Bertz CT molecular complexity index is 73.0. The first kappa shape index (κ1) is 7.03. The number of ether oxygens (including phenoxy) is 1. The second-order valence-electron chi connectivity index (χ2n) is 2.55. The molecule has 2 heteroatoms. The molecule has 0 spiro atoms. The molecule has 0 aromatic carbocycles. The van der Waals surface area contributed by atoms with Gasteiger partial charge in [0.2, 0.25) is 0 Å². The van der Waals surface area contributed by atoms with Crippen LogP contribution in [0, 0.1) is 0 Å². The summed E-state index contributed by atoms with van der Waals surface area (Å²) in [7, 11) is 0. The summed E-state index contributed by atoms with van der Waals surface area (Å²) in [6.07, 6.45) is 3.80. The second kappa shape index (κ2) is 3.18. The molecule has 1 rings (SSSR count). The zero-order chi connectivity index (χ0) is 6.69. The minimum Gasteiger partial charge on any atom is -0.394 e. The van der Waals surface area contributed by atoms with Crippen molar-refractivity contribution in [2.75, 3.05) is 6.61 Å². The van der Waals surface area contributed by atoms with E-state index in [1.165, 1.54) is 0 Å². The fourth-order valence-corrected chi connectivity index (χ4v) is 1.21. The van der Waals surface area contributed by atoms with Crippen LogP contribution in [0.5, 0.6) is 0 Å². The summed E-state index contributed by atoms with van der Waals surface area (Å²) in [6.45, 7) is 2.31. The average molecular weight is 130 g/mol. The smallest absolute Gasteiger partial charge is 0.0810 e. The number of hydrogen-bond donors (Lipinski definition) is 1. The van der Waals surface area contributed by atoms with Crippen LogP contribution in [-0.2, 0) is 4.74 Å². The van der Waals surface area contributed by atoms with Crippen LogP contribution in [-0.4, -0.2) is 23.9 Å². The Balaban J connectivity index is 2.20. The number of aliphatic hydroxyl groups is 1. The monoisotopic (exact) mass is 130 g/mol. The summed E-state index contributed by atoms with van der Waals surface area (Å²) < 4.78 is 5.41. The summed E-state index contributed by atoms with van der Waals surface area (Å²) >= 11 is 0. The van der Waals surface area contributed by atoms with Gasteiger partial charge < -0.3 is 9.84 Å². The van der Waals surface area contributed by atoms with E-state index in [9.17, 15) is 0 Å². The van der Waals surface area contributed by atoms with Crippen LogP contribution in [0.2, 0.25) is 0 Å². The normalized spacial score (nSPS) is 35.3. The lowest BCUT2D eigenvalue weighted by Crippen LogP contribution is -2.13. The molecular formula is C7H14O2. The Kier molecular flexibility index (Phi) is 2.49. The van der Waals surface area contributed by atoms with Crippen molar-refractivity contribution in [2.45, 2.75) is 38.4 Å². The zero-order valence-corrected chi connectivity index (χ0v) is 5.84. The van der Waals surface area contributed by atoms with Crippen LogP contribution >= 0.6 is 0 Å². The molecule has 0 amide bonds. The molecule has 1 aliphatic rings. The molecule has 0 saturated carbocycles. The largest absolute Gasteiger partial charge is 0.394 e. The summed E-state index contributed by atoms with van der Waals surface area (Å²) in [5.41, 5.74) is 0. The first-order chi connectivity index (χ1) is 4.36. The topological polar surface area (TPSA) is 29.5 Å². The minimum absolute atomic E-state index is 0.134. The molecule has 1 saturated heterocycles. The Morgan fingerprint density at radius 3 is 2.44 bits per heavy atom. The highest BCUT2D eigenvalue weighted by molar-refractivity contribution is 4.71. The number of rotatable bonds is 2. The summed E-state index contributed by atoms with van der Waals surface area (Å²) in [5.74, 6) is 0. The maximum Gasteiger partial charge on any atom is 0.0810 e. The van der Waals surface area contributed by atoms with Gasteiger partial charge in [-0.15, -0.1) is 0 Å². The Morgan fingerprint density at radius 1 is 1.44 bits per heavy atom. The van der Waals surface area contributed by atoms with E-state index >= 15 is 0 Å². The quantitative estimate of drug-likeness (QED) is 0.602. The van der Waals surface area contributed by atoms with E-state index in [2.05, 4.69) is 6.92 Å². The van der Waals surface area contributed by atoms with Crippen molar-refractivity contribution >= 4 is 0 Å². The molecule has 0 aromatic heterocycles. The van der Waals surface area contributed by atoms with Gasteiger partial charge >= 0.3 is 0 Å². The van der Waals surface area contributed by atoms with Crippen molar-refractivity contribution in [3.63, 3.8) is 0 Å². The van der Waals surface area contributed by atoms with Crippen LogP contribution in [0.4, 0.5) is 0 Å². The standard InChI is InChI=1S/C7H14O2/c1-2-6-3-4-7(5-8)9-6/h6-8H,2-5H2,1H3/t6-,7+/m1/s1. The fraction of sp³-hybridized carbons (Fsp3) is 1.00. The maximum absolute atomic E-state index is 8.65. The molecule has 9 heavy (non-hydrogen) atoms. The third kappa shape index (κ3) is 1.66. The van der Waals surface area contributed by atoms with Crippen LogP contribution < -0.4 is 0 Å². The molecule has 1 N–H and O–H groups in total. The van der Waals surface area contributed by atoms with Crippen LogP contribution in [0.1, 0.15) is 26.2 Å². The summed E-state index contributed by atoms with van der Waals surface area (Å²) in [6, 6.07) is 0. The molecular weight excluding hydrogens is 116 g/mol. The first-order valence-electron chi connectivity index (χ1n) is 3.63. The van der Waals surface area contributed by atoms with Crippen molar-refractivity contribution in [3.05, 3.63) is 0 Å². The lowest BCUT2D eigenvalue weighted by Gasteiger charge is -2.08. The molecule has 0 radical (unpaired) electrons. The van der Waals surface area contributed by atoms with E-state index in [-0.39, 0.29) is 12.7 Å². The van der Waals surface area contributed by atoms with Gasteiger partial charge in [-0.25, -0.2) is 0 Å². The predicted molar refractivity (Wildman–Crippen MR) is 35.3 cm³/mol. The van der Waals surface area contributed by atoms with Crippen LogP contribution in [0.3, 0.4) is 0 Å². The van der Waals surface area contributed by atoms with Crippen molar-refractivity contribution in [1.29, 1.82) is 0 Å². The van der Waals surface area contributed by atoms with Gasteiger partial charge in [0.1, 0.15) is 0 Å². The van der Waals surface area contributed by atoms with E-state index in [0.29, 0.717) is 6.10 Å². The number of hydrogen-bond acceptors (Lipinski definition) is 2. The van der Waals surface area contributed by atoms with Crippen molar-refractivity contribution in [3.8, 4) is 0 Å². The molecule has 2 nitrogen and oxygen atoms in total. The summed E-state index contributed by atoms with van der Waals surface area (Å²) in [5, 5.41) is 8.65. The Hall–Kier alpha value is -0.0800. The molecule has 2 atom stereocenters. The van der Waals surface area contributed by atoms with Crippen molar-refractivity contribution in [2.24, 2.45) is 0 Å². The molecule has 0 bridgehead atoms. The minimum atomic E-state index is 0.134. The molecule has 54 valence electrons. The molecule has 0 unspecified atom stereocenters. The number of aliphatic hydroxyl groups excluding tert-OH is 1. The Labute approximate surface area is 55.8 Å². The van der Waals surface area contributed by atoms with Gasteiger partial charge in [-0.05, 0) is 19.3 Å². The van der Waals surface area contributed by atoms with Crippen LogP contribution in [0.15, 0.2) is 0 Å². The molecule has 1 aliphatic heterocycles. The van der Waals surface area contributed by atoms with Gasteiger partial charge in [-0.3, -0.25) is 0 Å². The zero-order valence-electron chi connectivity index (χ0n) is 5.84. The Morgan fingerprint density at radius 2 is 2.11 bits per heavy atom. The summed E-state index contributed by atoms with van der Waals surface area (Å²) in [4.78, 5) is 0. The predicted octanol–water partition coefficient (Wildman–Crippen LogP) is 0.936. The van der Waals surface area contributed by atoms with Gasteiger partial charge in [0.25, 0.3) is 0 Å². The molecule has 1 heterocycles. The van der Waals surface area contributed by atoms with Gasteiger partial charge in [-0.2, -0.15) is 0 Å². The molecule has 0 aromatic rings.